The van der Waals surface area contributed by atoms with Crippen LogP contribution in [-0.2, 0) is 5.41 Å². The van der Waals surface area contributed by atoms with Gasteiger partial charge in [0.15, 0.2) is 11.6 Å². The van der Waals surface area contributed by atoms with Crippen LogP contribution in [0.5, 0.6) is 0 Å². The van der Waals surface area contributed by atoms with Crippen molar-refractivity contribution in [3.05, 3.63) is 133 Å². The van der Waals surface area contributed by atoms with Gasteiger partial charge in [0.25, 0.3) is 0 Å². The number of benzene rings is 5. The molecular formula is C43H36N4. The van der Waals surface area contributed by atoms with Crippen molar-refractivity contribution >= 4 is 21.8 Å². The summed E-state index contributed by atoms with van der Waals surface area (Å²) in [7, 11) is 0. The Morgan fingerprint density at radius 1 is 0.489 bits per heavy atom. The zero-order valence-corrected chi connectivity index (χ0v) is 26.4. The molecular weight excluding hydrogens is 573 g/mol. The summed E-state index contributed by atoms with van der Waals surface area (Å²) in [5.41, 5.74) is 8.01. The van der Waals surface area contributed by atoms with Crippen molar-refractivity contribution in [3.8, 4) is 39.6 Å². The number of fused-ring (bicyclic) bond motifs is 3. The second-order valence-corrected chi connectivity index (χ2v) is 14.3. The Hall–Kier alpha value is -5.09. The van der Waals surface area contributed by atoms with Gasteiger partial charge in [0.2, 0.25) is 0 Å². The molecule has 4 aliphatic carbocycles. The Labute approximate surface area is 275 Å². The maximum atomic E-state index is 5.49. The number of hydrogen-bond donors (Lipinski definition) is 0. The highest BCUT2D eigenvalue weighted by molar-refractivity contribution is 6.14. The molecule has 4 aliphatic rings. The number of rotatable bonds is 5. The van der Waals surface area contributed by atoms with Crippen LogP contribution in [0.15, 0.2) is 127 Å². The third-order valence-electron chi connectivity index (χ3n) is 11.3. The second kappa shape index (κ2) is 10.5. The van der Waals surface area contributed by atoms with Gasteiger partial charge in [0.1, 0.15) is 5.82 Å². The lowest BCUT2D eigenvalue weighted by Gasteiger charge is -2.56. The predicted octanol–water partition coefficient (Wildman–Crippen LogP) is 10.4. The quantitative estimate of drug-likeness (QED) is 0.195. The standard InChI is InChI=1S/C43H36N4/c1-3-12-31(13-4-1)33-18-11-19-35-34-16-7-9-20-37(34)47(39(33)35)38-21-10-8-17-36(38)41-44-40(32-14-5-2-6-15-32)45-42(46-41)43-25-28-22-29(26-43)24-30(23-28)27-43/h1-21,28-30H,22-27H2. The molecule has 4 nitrogen and oxygen atoms in total. The summed E-state index contributed by atoms with van der Waals surface area (Å²) in [6, 6.07) is 45.4. The van der Waals surface area contributed by atoms with Crippen molar-refractivity contribution in [1.29, 1.82) is 0 Å². The van der Waals surface area contributed by atoms with E-state index < -0.39 is 0 Å². The minimum Gasteiger partial charge on any atom is -0.308 e. The summed E-state index contributed by atoms with van der Waals surface area (Å²) in [5, 5.41) is 2.48. The van der Waals surface area contributed by atoms with Gasteiger partial charge in [-0.1, -0.05) is 109 Å². The van der Waals surface area contributed by atoms with Crippen LogP contribution in [0, 0.1) is 17.8 Å². The maximum absolute atomic E-state index is 5.49. The summed E-state index contributed by atoms with van der Waals surface area (Å²) < 4.78 is 2.44. The third-order valence-corrected chi connectivity index (χ3v) is 11.3. The normalized spacial score (nSPS) is 23.1. The fraction of sp³-hybridized carbons (Fsp3) is 0.233. The SMILES string of the molecule is c1ccc(-c2nc(-c3ccccc3-n3c4ccccc4c4cccc(-c5ccccc5)c43)nc(C34CC5CC(CC(C5)C3)C4)n2)cc1. The van der Waals surface area contributed by atoms with Crippen LogP contribution in [0.1, 0.15) is 44.3 Å². The minimum absolute atomic E-state index is 0.0538. The first kappa shape index (κ1) is 27.1. The highest BCUT2D eigenvalue weighted by Gasteiger charge is 2.53. The molecule has 228 valence electrons. The van der Waals surface area contributed by atoms with E-state index in [4.69, 9.17) is 15.0 Å². The van der Waals surface area contributed by atoms with Gasteiger partial charge in [-0.2, -0.15) is 0 Å². The molecule has 0 spiro atoms. The monoisotopic (exact) mass is 608 g/mol. The topological polar surface area (TPSA) is 43.6 Å². The predicted molar refractivity (Wildman–Crippen MR) is 190 cm³/mol. The Morgan fingerprint density at radius 2 is 1.06 bits per heavy atom. The Kier molecular flexibility index (Phi) is 6.03. The molecule has 0 radical (unpaired) electrons. The lowest BCUT2D eigenvalue weighted by atomic mass is 9.49. The van der Waals surface area contributed by atoms with E-state index in [0.29, 0.717) is 0 Å². The smallest absolute Gasteiger partial charge is 0.165 e. The van der Waals surface area contributed by atoms with E-state index in [1.54, 1.807) is 0 Å². The fourth-order valence-electron chi connectivity index (χ4n) is 9.81. The first-order valence-electron chi connectivity index (χ1n) is 17.2. The molecule has 4 saturated carbocycles. The van der Waals surface area contributed by atoms with Crippen molar-refractivity contribution in [2.24, 2.45) is 17.8 Å². The summed E-state index contributed by atoms with van der Waals surface area (Å²) in [6.07, 6.45) is 7.82. The lowest BCUT2D eigenvalue weighted by molar-refractivity contribution is -0.00938. The molecule has 5 aromatic carbocycles. The van der Waals surface area contributed by atoms with Crippen LogP contribution in [0.25, 0.3) is 61.4 Å². The van der Waals surface area contributed by atoms with Gasteiger partial charge in [-0.15, -0.1) is 0 Å². The second-order valence-electron chi connectivity index (χ2n) is 14.3. The van der Waals surface area contributed by atoms with Crippen LogP contribution < -0.4 is 0 Å². The van der Waals surface area contributed by atoms with Gasteiger partial charge in [-0.3, -0.25) is 0 Å². The number of aromatic nitrogens is 4. The van der Waals surface area contributed by atoms with Crippen LogP contribution in [0.3, 0.4) is 0 Å². The molecule has 0 saturated heterocycles. The molecule has 4 fully saturated rings. The number of hydrogen-bond acceptors (Lipinski definition) is 3. The average molecular weight is 609 g/mol. The van der Waals surface area contributed by atoms with Crippen LogP contribution in [0.2, 0.25) is 0 Å². The van der Waals surface area contributed by atoms with Crippen LogP contribution in [-0.4, -0.2) is 19.5 Å². The van der Waals surface area contributed by atoms with Crippen LogP contribution in [0.4, 0.5) is 0 Å². The Balaban J connectivity index is 1.24. The van der Waals surface area contributed by atoms with E-state index in [2.05, 4.69) is 132 Å². The molecule has 47 heavy (non-hydrogen) atoms. The molecule has 0 aliphatic heterocycles. The highest BCUT2D eigenvalue weighted by Crippen LogP contribution is 2.60. The molecule has 2 heterocycles. The number of nitrogens with zero attached hydrogens (tertiary/aromatic N) is 4. The van der Waals surface area contributed by atoms with Crippen molar-refractivity contribution in [2.75, 3.05) is 0 Å². The molecule has 4 bridgehead atoms. The number of para-hydroxylation sites is 3. The van der Waals surface area contributed by atoms with Gasteiger partial charge < -0.3 is 4.57 Å². The summed E-state index contributed by atoms with van der Waals surface area (Å²) in [6.45, 7) is 0. The van der Waals surface area contributed by atoms with Gasteiger partial charge in [0, 0.05) is 32.9 Å². The van der Waals surface area contributed by atoms with E-state index in [1.807, 2.05) is 0 Å². The molecule has 2 aromatic heterocycles. The first-order chi connectivity index (χ1) is 23.2. The van der Waals surface area contributed by atoms with Gasteiger partial charge >= 0.3 is 0 Å². The Morgan fingerprint density at radius 3 is 1.81 bits per heavy atom. The summed E-state index contributed by atoms with van der Waals surface area (Å²) in [5.74, 6) is 4.99. The summed E-state index contributed by atoms with van der Waals surface area (Å²) in [4.78, 5) is 16.1. The molecule has 0 atom stereocenters. The van der Waals surface area contributed by atoms with E-state index in [9.17, 15) is 0 Å². The minimum atomic E-state index is 0.0538. The van der Waals surface area contributed by atoms with Gasteiger partial charge in [-0.05, 0) is 80.0 Å². The van der Waals surface area contributed by atoms with E-state index >= 15 is 0 Å². The largest absolute Gasteiger partial charge is 0.308 e. The molecule has 4 heteroatoms. The average Bonchev–Trinajstić information content (AvgIpc) is 3.46. The Bertz CT molecular complexity index is 2250. The molecule has 0 unspecified atom stereocenters. The van der Waals surface area contributed by atoms with Gasteiger partial charge in [-0.25, -0.2) is 15.0 Å². The maximum Gasteiger partial charge on any atom is 0.165 e. The van der Waals surface area contributed by atoms with Crippen LogP contribution >= 0.6 is 0 Å². The van der Waals surface area contributed by atoms with Crippen molar-refractivity contribution in [2.45, 2.75) is 43.9 Å². The first-order valence-corrected chi connectivity index (χ1v) is 17.2. The molecule has 0 amide bonds. The molecule has 11 rings (SSSR count). The molecule has 7 aromatic rings. The van der Waals surface area contributed by atoms with E-state index in [0.717, 1.165) is 52.0 Å². The lowest BCUT2D eigenvalue weighted by Crippen LogP contribution is -2.49. The van der Waals surface area contributed by atoms with E-state index in [1.165, 1.54) is 71.5 Å². The molecule has 0 N–H and O–H groups in total. The van der Waals surface area contributed by atoms with Crippen molar-refractivity contribution in [3.63, 3.8) is 0 Å². The third kappa shape index (κ3) is 4.31. The van der Waals surface area contributed by atoms with Crippen molar-refractivity contribution in [1.82, 2.24) is 19.5 Å². The summed E-state index contributed by atoms with van der Waals surface area (Å²) >= 11 is 0. The zero-order chi connectivity index (χ0) is 31.0. The zero-order valence-electron chi connectivity index (χ0n) is 26.4. The van der Waals surface area contributed by atoms with Crippen molar-refractivity contribution < 1.29 is 0 Å². The fourth-order valence-corrected chi connectivity index (χ4v) is 9.81. The highest BCUT2D eigenvalue weighted by atomic mass is 15.1. The van der Waals surface area contributed by atoms with Gasteiger partial charge in [0.05, 0.1) is 16.7 Å². The van der Waals surface area contributed by atoms with E-state index in [-0.39, 0.29) is 5.41 Å².